The first-order chi connectivity index (χ1) is 9.19. The molecule has 0 aliphatic rings. The molecule has 0 saturated heterocycles. The van der Waals surface area contributed by atoms with E-state index in [-0.39, 0.29) is 0 Å². The molecule has 1 heterocycles. The van der Waals surface area contributed by atoms with Crippen molar-refractivity contribution in [3.8, 4) is 0 Å². The summed E-state index contributed by atoms with van der Waals surface area (Å²) < 4.78 is 1.16. The topological polar surface area (TPSA) is 28.2 Å². The number of nitrogens with one attached hydrogen (secondary N) is 1. The molecule has 0 radical (unpaired) electrons. The van der Waals surface area contributed by atoms with E-state index < -0.39 is 0 Å². The molecule has 1 N–H and O–H groups in total. The third kappa shape index (κ3) is 4.04. The van der Waals surface area contributed by atoms with Gasteiger partial charge in [-0.05, 0) is 30.3 Å². The highest BCUT2D eigenvalue weighted by Crippen LogP contribution is 2.18. The Bertz CT molecular complexity index is 525. The Kier molecular flexibility index (Phi) is 4.93. The number of halogens is 1. The molecular formula is C15H18BrN3. The molecule has 2 rings (SSSR count). The van der Waals surface area contributed by atoms with Gasteiger partial charge in [0.1, 0.15) is 5.82 Å². The van der Waals surface area contributed by atoms with Crippen molar-refractivity contribution in [1.29, 1.82) is 0 Å². The van der Waals surface area contributed by atoms with Crippen molar-refractivity contribution in [2.24, 2.45) is 0 Å². The second kappa shape index (κ2) is 6.68. The maximum absolute atomic E-state index is 4.33. The fourth-order valence-electron chi connectivity index (χ4n) is 1.95. The largest absolute Gasteiger partial charge is 0.373 e. The molecule has 0 aliphatic carbocycles. The van der Waals surface area contributed by atoms with Crippen molar-refractivity contribution >= 4 is 21.7 Å². The van der Waals surface area contributed by atoms with Gasteiger partial charge in [-0.15, -0.1) is 0 Å². The van der Waals surface area contributed by atoms with Crippen LogP contribution in [0.2, 0.25) is 0 Å². The van der Waals surface area contributed by atoms with E-state index in [0.717, 1.165) is 23.4 Å². The number of nitrogens with zero attached hydrogens (tertiary/aromatic N) is 2. The van der Waals surface area contributed by atoms with Crippen LogP contribution in [0, 0.1) is 0 Å². The summed E-state index contributed by atoms with van der Waals surface area (Å²) in [5.41, 5.74) is 2.51. The van der Waals surface area contributed by atoms with Gasteiger partial charge in [0.2, 0.25) is 0 Å². The Labute approximate surface area is 122 Å². The van der Waals surface area contributed by atoms with E-state index in [4.69, 9.17) is 0 Å². The average molecular weight is 320 g/mol. The monoisotopic (exact) mass is 319 g/mol. The Morgan fingerprint density at radius 2 is 1.95 bits per heavy atom. The fraction of sp³-hybridized carbons (Fsp3) is 0.267. The van der Waals surface area contributed by atoms with Crippen molar-refractivity contribution in [3.63, 3.8) is 0 Å². The summed E-state index contributed by atoms with van der Waals surface area (Å²) in [4.78, 5) is 6.60. The molecule has 100 valence electrons. The van der Waals surface area contributed by atoms with E-state index >= 15 is 0 Å². The second-order valence-electron chi connectivity index (χ2n) is 4.57. The van der Waals surface area contributed by atoms with Gasteiger partial charge in [-0.3, -0.25) is 4.90 Å². The van der Waals surface area contributed by atoms with Crippen LogP contribution in [0.5, 0.6) is 0 Å². The van der Waals surface area contributed by atoms with Gasteiger partial charge in [0.15, 0.2) is 0 Å². The molecule has 19 heavy (non-hydrogen) atoms. The number of aromatic nitrogens is 1. The minimum absolute atomic E-state index is 0.887. The maximum Gasteiger partial charge on any atom is 0.125 e. The molecule has 0 aliphatic heterocycles. The van der Waals surface area contributed by atoms with Gasteiger partial charge in [-0.2, -0.15) is 0 Å². The normalized spacial score (nSPS) is 10.7. The number of benzene rings is 1. The maximum atomic E-state index is 4.33. The summed E-state index contributed by atoms with van der Waals surface area (Å²) in [6.45, 7) is 1.80. The van der Waals surface area contributed by atoms with E-state index in [2.05, 4.69) is 62.4 Å². The minimum atomic E-state index is 0.887. The Morgan fingerprint density at radius 3 is 2.58 bits per heavy atom. The molecule has 0 unspecified atom stereocenters. The first-order valence-corrected chi connectivity index (χ1v) is 7.03. The van der Waals surface area contributed by atoms with Gasteiger partial charge >= 0.3 is 0 Å². The van der Waals surface area contributed by atoms with Crippen molar-refractivity contribution in [2.75, 3.05) is 19.4 Å². The standard InChI is InChI=1S/C15H18BrN3/c1-17-15-8-7-12(9-18-15)10-19(2)11-13-5-3-4-6-14(13)16/h3-9H,10-11H2,1-2H3,(H,17,18). The van der Waals surface area contributed by atoms with Crippen LogP contribution in [0.25, 0.3) is 0 Å². The number of hydrogen-bond acceptors (Lipinski definition) is 3. The highest BCUT2D eigenvalue weighted by Gasteiger charge is 2.05. The van der Waals surface area contributed by atoms with Gasteiger partial charge < -0.3 is 5.32 Å². The number of anilines is 1. The Balaban J connectivity index is 1.97. The number of pyridine rings is 1. The molecule has 0 amide bonds. The van der Waals surface area contributed by atoms with Crippen molar-refractivity contribution < 1.29 is 0 Å². The van der Waals surface area contributed by atoms with Gasteiger partial charge in [-0.1, -0.05) is 40.2 Å². The smallest absolute Gasteiger partial charge is 0.125 e. The van der Waals surface area contributed by atoms with Gasteiger partial charge in [0.05, 0.1) is 0 Å². The van der Waals surface area contributed by atoms with Crippen LogP contribution in [-0.2, 0) is 13.1 Å². The van der Waals surface area contributed by atoms with Crippen LogP contribution in [-0.4, -0.2) is 24.0 Å². The third-order valence-electron chi connectivity index (χ3n) is 2.93. The SMILES string of the molecule is CNc1ccc(CN(C)Cc2ccccc2Br)cn1. The fourth-order valence-corrected chi connectivity index (χ4v) is 2.36. The predicted molar refractivity (Wildman–Crippen MR) is 83.1 cm³/mol. The number of rotatable bonds is 5. The second-order valence-corrected chi connectivity index (χ2v) is 5.42. The summed E-state index contributed by atoms with van der Waals surface area (Å²) in [5, 5.41) is 3.02. The Hall–Kier alpha value is -1.39. The molecule has 3 nitrogen and oxygen atoms in total. The highest BCUT2D eigenvalue weighted by molar-refractivity contribution is 9.10. The molecule has 0 fully saturated rings. The molecule has 4 heteroatoms. The number of hydrogen-bond donors (Lipinski definition) is 1. The first kappa shape index (κ1) is 14.0. The van der Waals surface area contributed by atoms with Crippen LogP contribution in [0.1, 0.15) is 11.1 Å². The van der Waals surface area contributed by atoms with Crippen LogP contribution in [0.3, 0.4) is 0 Å². The molecule has 0 bridgehead atoms. The molecule has 0 spiro atoms. The van der Waals surface area contributed by atoms with Gasteiger partial charge in [0.25, 0.3) is 0 Å². The van der Waals surface area contributed by atoms with Crippen molar-refractivity contribution in [2.45, 2.75) is 13.1 Å². The zero-order chi connectivity index (χ0) is 13.7. The molecule has 2 aromatic rings. The highest BCUT2D eigenvalue weighted by atomic mass is 79.9. The van der Waals surface area contributed by atoms with Crippen molar-refractivity contribution in [1.82, 2.24) is 9.88 Å². The molecular weight excluding hydrogens is 302 g/mol. The molecule has 0 atom stereocenters. The van der Waals surface area contributed by atoms with E-state index in [0.29, 0.717) is 0 Å². The zero-order valence-corrected chi connectivity index (χ0v) is 12.8. The van der Waals surface area contributed by atoms with E-state index in [9.17, 15) is 0 Å². The summed E-state index contributed by atoms with van der Waals surface area (Å²) >= 11 is 3.58. The summed E-state index contributed by atoms with van der Waals surface area (Å²) in [6.07, 6.45) is 1.92. The minimum Gasteiger partial charge on any atom is -0.373 e. The summed E-state index contributed by atoms with van der Waals surface area (Å²) in [5.74, 6) is 0.900. The summed E-state index contributed by atoms with van der Waals surface area (Å²) in [6, 6.07) is 12.4. The first-order valence-electron chi connectivity index (χ1n) is 6.23. The van der Waals surface area contributed by atoms with E-state index in [1.807, 2.05) is 25.4 Å². The molecule has 1 aromatic heterocycles. The van der Waals surface area contributed by atoms with E-state index in [1.54, 1.807) is 0 Å². The molecule has 0 saturated carbocycles. The van der Waals surface area contributed by atoms with Crippen LogP contribution < -0.4 is 5.32 Å². The lowest BCUT2D eigenvalue weighted by Gasteiger charge is -2.17. The van der Waals surface area contributed by atoms with Crippen LogP contribution >= 0.6 is 15.9 Å². The van der Waals surface area contributed by atoms with Crippen LogP contribution in [0.4, 0.5) is 5.82 Å². The third-order valence-corrected chi connectivity index (χ3v) is 3.71. The zero-order valence-electron chi connectivity index (χ0n) is 11.2. The van der Waals surface area contributed by atoms with E-state index in [1.165, 1.54) is 11.1 Å². The quantitative estimate of drug-likeness (QED) is 0.914. The lowest BCUT2D eigenvalue weighted by atomic mass is 10.2. The van der Waals surface area contributed by atoms with Crippen LogP contribution in [0.15, 0.2) is 47.1 Å². The lowest BCUT2D eigenvalue weighted by Crippen LogP contribution is -2.17. The summed E-state index contributed by atoms with van der Waals surface area (Å²) in [7, 11) is 3.99. The Morgan fingerprint density at radius 1 is 1.16 bits per heavy atom. The average Bonchev–Trinajstić information content (AvgIpc) is 2.42. The lowest BCUT2D eigenvalue weighted by molar-refractivity contribution is 0.318. The van der Waals surface area contributed by atoms with Gasteiger partial charge in [-0.25, -0.2) is 4.98 Å². The predicted octanol–water partition coefficient (Wildman–Crippen LogP) is 3.52. The molecule has 1 aromatic carbocycles. The van der Waals surface area contributed by atoms with Gasteiger partial charge in [0, 0.05) is 30.8 Å². The van der Waals surface area contributed by atoms with Crippen molar-refractivity contribution in [3.05, 3.63) is 58.2 Å².